The second kappa shape index (κ2) is 5.56. The zero-order chi connectivity index (χ0) is 9.52. The van der Waals surface area contributed by atoms with Gasteiger partial charge in [-0.3, -0.25) is 0 Å². The van der Waals surface area contributed by atoms with Crippen molar-refractivity contribution in [3.8, 4) is 0 Å². The van der Waals surface area contributed by atoms with E-state index in [-0.39, 0.29) is 6.03 Å². The predicted octanol–water partition coefficient (Wildman–Crippen LogP) is 1.63. The van der Waals surface area contributed by atoms with Crippen LogP contribution < -0.4 is 10.7 Å². The SMILES string of the molecule is CNC(=O)NN=C1CCCCCC1. The Morgan fingerprint density at radius 1 is 1.23 bits per heavy atom. The fraction of sp³-hybridized carbons (Fsp3) is 0.778. The monoisotopic (exact) mass is 183 g/mol. The Hall–Kier alpha value is -1.06. The van der Waals surface area contributed by atoms with E-state index in [4.69, 9.17) is 0 Å². The van der Waals surface area contributed by atoms with Crippen LogP contribution >= 0.6 is 0 Å². The largest absolute Gasteiger partial charge is 0.340 e. The first-order valence-corrected chi connectivity index (χ1v) is 4.86. The van der Waals surface area contributed by atoms with Gasteiger partial charge in [-0.25, -0.2) is 10.2 Å². The van der Waals surface area contributed by atoms with Gasteiger partial charge in [0.1, 0.15) is 0 Å². The van der Waals surface area contributed by atoms with Crippen LogP contribution in [0.3, 0.4) is 0 Å². The van der Waals surface area contributed by atoms with Gasteiger partial charge in [-0.2, -0.15) is 5.10 Å². The molecule has 1 saturated carbocycles. The Labute approximate surface area is 78.8 Å². The molecule has 2 N–H and O–H groups in total. The number of urea groups is 1. The lowest BCUT2D eigenvalue weighted by molar-refractivity contribution is 0.243. The van der Waals surface area contributed by atoms with Crippen LogP contribution in [0.15, 0.2) is 5.10 Å². The second-order valence-corrected chi connectivity index (χ2v) is 3.28. The number of carbonyl (C=O) groups excluding carboxylic acids is 1. The maximum Gasteiger partial charge on any atom is 0.334 e. The number of nitrogens with one attached hydrogen (secondary N) is 2. The second-order valence-electron chi connectivity index (χ2n) is 3.28. The molecule has 0 saturated heterocycles. The fourth-order valence-electron chi connectivity index (χ4n) is 1.43. The van der Waals surface area contributed by atoms with Crippen molar-refractivity contribution in [3.63, 3.8) is 0 Å². The third-order valence-electron chi connectivity index (χ3n) is 2.22. The number of carbonyl (C=O) groups is 1. The zero-order valence-electron chi connectivity index (χ0n) is 8.10. The van der Waals surface area contributed by atoms with E-state index in [1.54, 1.807) is 7.05 Å². The third-order valence-corrected chi connectivity index (χ3v) is 2.22. The quantitative estimate of drug-likeness (QED) is 0.471. The Balaban J connectivity index is 2.34. The van der Waals surface area contributed by atoms with Crippen molar-refractivity contribution >= 4 is 11.7 Å². The molecule has 4 heteroatoms. The Kier molecular flexibility index (Phi) is 4.29. The van der Waals surface area contributed by atoms with E-state index in [9.17, 15) is 4.79 Å². The molecule has 0 spiro atoms. The number of hydrazone groups is 1. The first kappa shape index (κ1) is 10.0. The minimum absolute atomic E-state index is 0.239. The van der Waals surface area contributed by atoms with Gasteiger partial charge in [0, 0.05) is 12.8 Å². The predicted molar refractivity (Wildman–Crippen MR) is 52.7 cm³/mol. The van der Waals surface area contributed by atoms with Gasteiger partial charge in [-0.15, -0.1) is 0 Å². The molecule has 0 atom stereocenters. The van der Waals surface area contributed by atoms with Crippen LogP contribution in [0.4, 0.5) is 4.79 Å². The summed E-state index contributed by atoms with van der Waals surface area (Å²) in [5, 5.41) is 6.53. The highest BCUT2D eigenvalue weighted by molar-refractivity contribution is 5.86. The normalized spacial score (nSPS) is 17.5. The van der Waals surface area contributed by atoms with Gasteiger partial charge < -0.3 is 5.32 Å². The lowest BCUT2D eigenvalue weighted by Gasteiger charge is -2.02. The Morgan fingerprint density at radius 2 is 1.85 bits per heavy atom. The van der Waals surface area contributed by atoms with Gasteiger partial charge in [0.05, 0.1) is 0 Å². The molecule has 0 radical (unpaired) electrons. The highest BCUT2D eigenvalue weighted by atomic mass is 16.2. The van der Waals surface area contributed by atoms with Crippen LogP contribution in [-0.4, -0.2) is 18.8 Å². The number of rotatable bonds is 1. The third kappa shape index (κ3) is 3.92. The number of hydrogen-bond donors (Lipinski definition) is 2. The van der Waals surface area contributed by atoms with Crippen molar-refractivity contribution in [2.24, 2.45) is 5.10 Å². The number of hydrogen-bond acceptors (Lipinski definition) is 2. The highest BCUT2D eigenvalue weighted by Crippen LogP contribution is 2.14. The summed E-state index contributed by atoms with van der Waals surface area (Å²) >= 11 is 0. The lowest BCUT2D eigenvalue weighted by atomic mass is 10.2. The molecular formula is C9H17N3O. The molecule has 0 aliphatic heterocycles. The average Bonchev–Trinajstić information content (AvgIpc) is 2.42. The van der Waals surface area contributed by atoms with Crippen molar-refractivity contribution in [3.05, 3.63) is 0 Å². The fourth-order valence-corrected chi connectivity index (χ4v) is 1.43. The van der Waals surface area contributed by atoms with Crippen molar-refractivity contribution < 1.29 is 4.79 Å². The van der Waals surface area contributed by atoms with E-state index in [0.717, 1.165) is 18.6 Å². The molecule has 74 valence electrons. The van der Waals surface area contributed by atoms with Crippen LogP contribution in [0.2, 0.25) is 0 Å². The van der Waals surface area contributed by atoms with Crippen LogP contribution in [0.5, 0.6) is 0 Å². The maximum atomic E-state index is 10.8. The van der Waals surface area contributed by atoms with E-state index < -0.39 is 0 Å². The molecule has 1 aliphatic carbocycles. The molecule has 0 aromatic heterocycles. The molecule has 4 nitrogen and oxygen atoms in total. The molecule has 0 aromatic rings. The van der Waals surface area contributed by atoms with Crippen LogP contribution in [-0.2, 0) is 0 Å². The molecular weight excluding hydrogens is 166 g/mol. The van der Waals surface area contributed by atoms with E-state index >= 15 is 0 Å². The van der Waals surface area contributed by atoms with Crippen molar-refractivity contribution in [2.45, 2.75) is 38.5 Å². The molecule has 2 amide bonds. The molecule has 13 heavy (non-hydrogen) atoms. The van der Waals surface area contributed by atoms with E-state index in [2.05, 4.69) is 15.8 Å². The lowest BCUT2D eigenvalue weighted by Crippen LogP contribution is -2.29. The zero-order valence-corrected chi connectivity index (χ0v) is 8.10. The summed E-state index contributed by atoms with van der Waals surface area (Å²) in [5.41, 5.74) is 3.59. The molecule has 1 aliphatic rings. The molecule has 0 heterocycles. The summed E-state index contributed by atoms with van der Waals surface area (Å²) in [7, 11) is 1.59. The van der Waals surface area contributed by atoms with Crippen LogP contribution in [0.1, 0.15) is 38.5 Å². The molecule has 1 fully saturated rings. The summed E-state index contributed by atoms with van der Waals surface area (Å²) in [4.78, 5) is 10.8. The summed E-state index contributed by atoms with van der Waals surface area (Å²) in [6.07, 6.45) is 7.05. The van der Waals surface area contributed by atoms with E-state index in [1.165, 1.54) is 25.7 Å². The Morgan fingerprint density at radius 3 is 2.38 bits per heavy atom. The van der Waals surface area contributed by atoms with Gasteiger partial charge in [0.25, 0.3) is 0 Å². The van der Waals surface area contributed by atoms with Crippen LogP contribution in [0.25, 0.3) is 0 Å². The van der Waals surface area contributed by atoms with Crippen LogP contribution in [0, 0.1) is 0 Å². The van der Waals surface area contributed by atoms with Gasteiger partial charge in [0.15, 0.2) is 0 Å². The first-order chi connectivity index (χ1) is 6.33. The smallest absolute Gasteiger partial charge is 0.334 e. The molecule has 0 aromatic carbocycles. The van der Waals surface area contributed by atoms with Crippen molar-refractivity contribution in [1.29, 1.82) is 0 Å². The summed E-state index contributed by atoms with van der Waals surface area (Å²) in [6.45, 7) is 0. The van der Waals surface area contributed by atoms with Crippen molar-refractivity contribution in [1.82, 2.24) is 10.7 Å². The molecule has 0 unspecified atom stereocenters. The van der Waals surface area contributed by atoms with Gasteiger partial charge in [0.2, 0.25) is 0 Å². The molecule has 1 rings (SSSR count). The maximum absolute atomic E-state index is 10.8. The topological polar surface area (TPSA) is 53.5 Å². The minimum Gasteiger partial charge on any atom is -0.340 e. The van der Waals surface area contributed by atoms with E-state index in [0.29, 0.717) is 0 Å². The summed E-state index contributed by atoms with van der Waals surface area (Å²) in [5.74, 6) is 0. The Bertz CT molecular complexity index is 191. The van der Waals surface area contributed by atoms with Gasteiger partial charge >= 0.3 is 6.03 Å². The minimum atomic E-state index is -0.239. The van der Waals surface area contributed by atoms with Gasteiger partial charge in [-0.1, -0.05) is 12.8 Å². The standard InChI is InChI=1S/C9H17N3O/c1-10-9(13)12-11-8-6-4-2-3-5-7-8/h2-7H2,1H3,(H2,10,12,13). The summed E-state index contributed by atoms with van der Waals surface area (Å²) in [6, 6.07) is -0.239. The number of amides is 2. The number of nitrogens with zero attached hydrogens (tertiary/aromatic N) is 1. The molecule has 0 bridgehead atoms. The van der Waals surface area contributed by atoms with E-state index in [1.807, 2.05) is 0 Å². The average molecular weight is 183 g/mol. The highest BCUT2D eigenvalue weighted by Gasteiger charge is 2.05. The summed E-state index contributed by atoms with van der Waals surface area (Å²) < 4.78 is 0. The van der Waals surface area contributed by atoms with Crippen molar-refractivity contribution in [2.75, 3.05) is 7.05 Å². The first-order valence-electron chi connectivity index (χ1n) is 4.86. The van der Waals surface area contributed by atoms with Gasteiger partial charge in [-0.05, 0) is 25.7 Å².